The molecule has 3 N–H and O–H groups in total. The van der Waals surface area contributed by atoms with Crippen LogP contribution in [0.4, 0.5) is 11.4 Å². The van der Waals surface area contributed by atoms with Crippen LogP contribution in [0.5, 0.6) is 5.75 Å². The second-order valence-electron chi connectivity index (χ2n) is 6.66. The summed E-state index contributed by atoms with van der Waals surface area (Å²) in [4.78, 5) is 3.53. The lowest BCUT2D eigenvalue weighted by molar-refractivity contribution is -0.353. The summed E-state index contributed by atoms with van der Waals surface area (Å²) in [5, 5.41) is 10.7. The summed E-state index contributed by atoms with van der Waals surface area (Å²) in [5.41, 5.74) is 4.57. The molecular formula is C23H24N3O+. The maximum Gasteiger partial charge on any atom is 0.221 e. The molecule has 4 nitrogen and oxygen atoms in total. The number of aromatic nitrogens is 1. The molecule has 0 unspecified atom stereocenters. The fourth-order valence-electron chi connectivity index (χ4n) is 3.42. The van der Waals surface area contributed by atoms with E-state index in [-0.39, 0.29) is 0 Å². The molecule has 136 valence electrons. The molecule has 0 aliphatic carbocycles. The number of H-pyrrole nitrogens is 1. The Morgan fingerprint density at radius 3 is 2.44 bits per heavy atom. The Bertz CT molecular complexity index is 1070. The maximum absolute atomic E-state index is 5.19. The molecule has 0 saturated heterocycles. The van der Waals surface area contributed by atoms with E-state index in [9.17, 15) is 0 Å². The lowest BCUT2D eigenvalue weighted by Gasteiger charge is -2.11. The molecule has 4 rings (SSSR count). The highest BCUT2D eigenvalue weighted by Crippen LogP contribution is 2.27. The first kappa shape index (κ1) is 17.2. The number of fused-ring (bicyclic) bond motifs is 3. The Morgan fingerprint density at radius 1 is 0.852 bits per heavy atom. The van der Waals surface area contributed by atoms with Crippen molar-refractivity contribution in [1.29, 1.82) is 0 Å². The smallest absolute Gasteiger partial charge is 0.221 e. The van der Waals surface area contributed by atoms with Crippen LogP contribution in [-0.4, -0.2) is 20.2 Å². The number of hydrogen-bond donors (Lipinski definition) is 2. The topological polar surface area (TPSA) is 47.4 Å². The highest BCUT2D eigenvalue weighted by Gasteiger charge is 2.12. The Hall–Kier alpha value is -3.27. The molecule has 27 heavy (non-hydrogen) atoms. The predicted molar refractivity (Wildman–Crippen MR) is 113 cm³/mol. The Morgan fingerprint density at radius 2 is 1.63 bits per heavy atom. The molecule has 0 aliphatic heterocycles. The van der Waals surface area contributed by atoms with Crippen LogP contribution < -0.4 is 20.4 Å². The standard InChI is InChI=1S/C23H23N3O/c1-16-15-22(25-14-13-24-18-8-10-19(27-2)11-9-18)21-12-7-17-5-3-4-6-20(17)23(21)26-16/h3-12,15,24H,13-14H2,1-2H3,(H,25,26)/p+1. The van der Waals surface area contributed by atoms with Crippen LogP contribution in [0.2, 0.25) is 0 Å². The van der Waals surface area contributed by atoms with Gasteiger partial charge in [-0.25, -0.2) is 4.98 Å². The van der Waals surface area contributed by atoms with Gasteiger partial charge in [-0.2, -0.15) is 0 Å². The van der Waals surface area contributed by atoms with Crippen LogP contribution in [0.25, 0.3) is 21.7 Å². The molecule has 1 heterocycles. The van der Waals surface area contributed by atoms with Crippen LogP contribution in [0.1, 0.15) is 5.69 Å². The molecule has 1 aromatic heterocycles. The number of anilines is 2. The quantitative estimate of drug-likeness (QED) is 0.390. The van der Waals surface area contributed by atoms with Gasteiger partial charge in [0.1, 0.15) is 5.75 Å². The largest absolute Gasteiger partial charge is 0.497 e. The minimum absolute atomic E-state index is 0.831. The van der Waals surface area contributed by atoms with Gasteiger partial charge in [0, 0.05) is 31.8 Å². The van der Waals surface area contributed by atoms with Gasteiger partial charge >= 0.3 is 0 Å². The third-order valence-electron chi connectivity index (χ3n) is 4.76. The highest BCUT2D eigenvalue weighted by molar-refractivity contribution is 6.07. The average Bonchev–Trinajstić information content (AvgIpc) is 2.71. The monoisotopic (exact) mass is 358 g/mol. The van der Waals surface area contributed by atoms with E-state index in [4.69, 9.17) is 4.74 Å². The van der Waals surface area contributed by atoms with Crippen molar-refractivity contribution in [2.75, 3.05) is 30.8 Å². The summed E-state index contributed by atoms with van der Waals surface area (Å²) >= 11 is 0. The number of pyridine rings is 1. The van der Waals surface area contributed by atoms with Gasteiger partial charge in [0.15, 0.2) is 5.69 Å². The molecule has 0 bridgehead atoms. The Labute approximate surface area is 159 Å². The second kappa shape index (κ2) is 7.54. The molecule has 4 heteroatoms. The fourth-order valence-corrected chi connectivity index (χ4v) is 3.42. The number of ether oxygens (including phenoxy) is 1. The van der Waals surface area contributed by atoms with Gasteiger partial charge < -0.3 is 15.4 Å². The number of rotatable bonds is 6. The van der Waals surface area contributed by atoms with Crippen molar-refractivity contribution in [3.8, 4) is 5.75 Å². The van der Waals surface area contributed by atoms with E-state index >= 15 is 0 Å². The van der Waals surface area contributed by atoms with Crippen molar-refractivity contribution < 1.29 is 9.72 Å². The third kappa shape index (κ3) is 3.65. The average molecular weight is 358 g/mol. The number of methoxy groups -OCH3 is 1. The second-order valence-corrected chi connectivity index (χ2v) is 6.66. The van der Waals surface area contributed by atoms with Crippen LogP contribution in [0.3, 0.4) is 0 Å². The molecule has 0 spiro atoms. The molecule has 4 aromatic rings. The summed E-state index contributed by atoms with van der Waals surface area (Å²) in [6.07, 6.45) is 0. The summed E-state index contributed by atoms with van der Waals surface area (Å²) in [7, 11) is 1.68. The molecule has 3 aromatic carbocycles. The molecule has 0 fully saturated rings. The minimum Gasteiger partial charge on any atom is -0.497 e. The molecule has 0 radical (unpaired) electrons. The maximum atomic E-state index is 5.19. The summed E-state index contributed by atoms with van der Waals surface area (Å²) in [5.74, 6) is 0.869. The van der Waals surface area contributed by atoms with Gasteiger partial charge in [-0.1, -0.05) is 24.3 Å². The van der Waals surface area contributed by atoms with Gasteiger partial charge in [-0.3, -0.25) is 0 Å². The normalized spacial score (nSPS) is 10.9. The predicted octanol–water partition coefficient (Wildman–Crippen LogP) is 4.65. The van der Waals surface area contributed by atoms with Gasteiger partial charge in [0.05, 0.1) is 23.6 Å². The van der Waals surface area contributed by atoms with E-state index in [2.05, 4.69) is 65.0 Å². The van der Waals surface area contributed by atoms with Crippen LogP contribution in [-0.2, 0) is 0 Å². The number of aromatic amines is 1. The van der Waals surface area contributed by atoms with Crippen LogP contribution in [0.15, 0.2) is 66.7 Å². The Balaban J connectivity index is 1.50. The molecule has 0 saturated carbocycles. The van der Waals surface area contributed by atoms with E-state index in [1.54, 1.807) is 7.11 Å². The number of aryl methyl sites for hydroxylation is 1. The summed E-state index contributed by atoms with van der Waals surface area (Å²) in [6, 6.07) is 23.0. The van der Waals surface area contributed by atoms with Crippen LogP contribution in [0, 0.1) is 6.92 Å². The van der Waals surface area contributed by atoms with E-state index in [1.807, 2.05) is 24.3 Å². The molecule has 0 amide bonds. The first-order valence-corrected chi connectivity index (χ1v) is 9.21. The van der Waals surface area contributed by atoms with Crippen molar-refractivity contribution in [1.82, 2.24) is 0 Å². The van der Waals surface area contributed by atoms with E-state index in [0.29, 0.717) is 0 Å². The van der Waals surface area contributed by atoms with Crippen molar-refractivity contribution in [3.05, 3.63) is 72.4 Å². The van der Waals surface area contributed by atoms with Gasteiger partial charge in [-0.15, -0.1) is 0 Å². The van der Waals surface area contributed by atoms with E-state index in [0.717, 1.165) is 35.9 Å². The zero-order valence-corrected chi connectivity index (χ0v) is 15.7. The Kier molecular flexibility index (Phi) is 4.79. The van der Waals surface area contributed by atoms with E-state index in [1.165, 1.54) is 21.7 Å². The van der Waals surface area contributed by atoms with Crippen molar-refractivity contribution in [2.24, 2.45) is 0 Å². The first-order valence-electron chi connectivity index (χ1n) is 9.21. The van der Waals surface area contributed by atoms with Crippen molar-refractivity contribution >= 4 is 33.1 Å². The first-order chi connectivity index (χ1) is 13.2. The van der Waals surface area contributed by atoms with E-state index < -0.39 is 0 Å². The lowest BCUT2D eigenvalue weighted by atomic mass is 10.0. The zero-order chi connectivity index (χ0) is 18.6. The number of benzene rings is 3. The molecule has 0 atom stereocenters. The fraction of sp³-hybridized carbons (Fsp3) is 0.174. The van der Waals surface area contributed by atoms with Gasteiger partial charge in [0.2, 0.25) is 5.52 Å². The number of hydrogen-bond acceptors (Lipinski definition) is 3. The summed E-state index contributed by atoms with van der Waals surface area (Å²) < 4.78 is 5.19. The van der Waals surface area contributed by atoms with Gasteiger partial charge in [0.25, 0.3) is 0 Å². The zero-order valence-electron chi connectivity index (χ0n) is 15.7. The van der Waals surface area contributed by atoms with Gasteiger partial charge in [-0.05, 0) is 41.8 Å². The highest BCUT2D eigenvalue weighted by atomic mass is 16.5. The summed E-state index contributed by atoms with van der Waals surface area (Å²) in [6.45, 7) is 3.76. The van der Waals surface area contributed by atoms with Crippen molar-refractivity contribution in [2.45, 2.75) is 6.92 Å². The molecular weight excluding hydrogens is 334 g/mol. The van der Waals surface area contributed by atoms with Crippen molar-refractivity contribution in [3.63, 3.8) is 0 Å². The molecule has 0 aliphatic rings. The lowest BCUT2D eigenvalue weighted by Crippen LogP contribution is -2.16. The van der Waals surface area contributed by atoms with Crippen LogP contribution >= 0.6 is 0 Å². The number of nitrogens with one attached hydrogen (secondary N) is 3. The third-order valence-corrected chi connectivity index (χ3v) is 4.76. The minimum atomic E-state index is 0.831. The SMILES string of the molecule is COc1ccc(NCCNc2cc(C)[nH+]c3c2ccc2ccccc23)cc1.